The van der Waals surface area contributed by atoms with Crippen molar-refractivity contribution >= 4 is 22.5 Å². The van der Waals surface area contributed by atoms with Gasteiger partial charge in [0.25, 0.3) is 0 Å². The first-order valence-electron chi connectivity index (χ1n) is 5.91. The summed E-state index contributed by atoms with van der Waals surface area (Å²) in [5, 5.41) is 14.7. The lowest BCUT2D eigenvalue weighted by Gasteiger charge is -2.26. The lowest BCUT2D eigenvalue weighted by Crippen LogP contribution is -2.41. The molecule has 96 valence electrons. The normalized spacial score (nSPS) is 14.3. The Balaban J connectivity index is 1.82. The molecule has 3 N–H and O–H groups in total. The van der Waals surface area contributed by atoms with Gasteiger partial charge in [-0.1, -0.05) is 23.2 Å². The maximum absolute atomic E-state index is 11.6. The molecule has 2 amide bonds. The van der Waals surface area contributed by atoms with Crippen LogP contribution in [-0.2, 0) is 0 Å². The van der Waals surface area contributed by atoms with Crippen LogP contribution in [0.25, 0.3) is 0 Å². The summed E-state index contributed by atoms with van der Waals surface area (Å²) in [6.07, 6.45) is 5.37. The standard InChI is InChI=1S/C12H15N3O2S/c16-7-2-1-6-10-8-13-12(18-10)15-11(17)14-9-4-3-5-9/h8-9,16H,2-5,7H2,(H2,13,14,15,17). The zero-order chi connectivity index (χ0) is 12.8. The van der Waals surface area contributed by atoms with Crippen LogP contribution in [0.5, 0.6) is 0 Å². The van der Waals surface area contributed by atoms with Crippen molar-refractivity contribution in [1.82, 2.24) is 10.3 Å². The number of aliphatic hydroxyl groups is 1. The molecule has 2 rings (SSSR count). The number of nitrogens with one attached hydrogen (secondary N) is 2. The minimum absolute atomic E-state index is 0.0563. The van der Waals surface area contributed by atoms with Crippen LogP contribution in [0, 0.1) is 11.8 Å². The Labute approximate surface area is 110 Å². The van der Waals surface area contributed by atoms with Crippen LogP contribution in [-0.4, -0.2) is 28.8 Å². The van der Waals surface area contributed by atoms with E-state index in [2.05, 4.69) is 27.5 Å². The van der Waals surface area contributed by atoms with E-state index in [1.165, 1.54) is 17.8 Å². The van der Waals surface area contributed by atoms with Gasteiger partial charge in [-0.2, -0.15) is 0 Å². The predicted molar refractivity (Wildman–Crippen MR) is 70.5 cm³/mol. The number of anilines is 1. The topological polar surface area (TPSA) is 74.2 Å². The predicted octanol–water partition coefficient (Wildman–Crippen LogP) is 1.55. The number of carbonyl (C=O) groups is 1. The van der Waals surface area contributed by atoms with E-state index >= 15 is 0 Å². The summed E-state index contributed by atoms with van der Waals surface area (Å²) >= 11 is 1.33. The molecule has 18 heavy (non-hydrogen) atoms. The molecule has 0 aliphatic heterocycles. The molecule has 1 aromatic heterocycles. The van der Waals surface area contributed by atoms with Gasteiger partial charge >= 0.3 is 6.03 Å². The molecule has 6 heteroatoms. The number of carbonyl (C=O) groups excluding carboxylic acids is 1. The fourth-order valence-electron chi connectivity index (χ4n) is 1.47. The molecule has 1 fully saturated rings. The van der Waals surface area contributed by atoms with Crippen LogP contribution in [0.3, 0.4) is 0 Å². The zero-order valence-corrected chi connectivity index (χ0v) is 10.7. The molecule has 0 atom stereocenters. The van der Waals surface area contributed by atoms with Crippen molar-refractivity contribution in [3.8, 4) is 11.8 Å². The number of amides is 2. The number of rotatable bonds is 3. The highest BCUT2D eigenvalue weighted by atomic mass is 32.1. The number of thiazole rings is 1. The molecule has 0 saturated heterocycles. The van der Waals surface area contributed by atoms with Crippen LogP contribution in [0.1, 0.15) is 30.6 Å². The molecule has 0 radical (unpaired) electrons. The van der Waals surface area contributed by atoms with Gasteiger partial charge in [0.2, 0.25) is 0 Å². The molecule has 0 aromatic carbocycles. The lowest BCUT2D eigenvalue weighted by atomic mass is 9.93. The highest BCUT2D eigenvalue weighted by Gasteiger charge is 2.19. The smallest absolute Gasteiger partial charge is 0.321 e. The fourth-order valence-corrected chi connectivity index (χ4v) is 2.15. The van der Waals surface area contributed by atoms with Crippen molar-refractivity contribution < 1.29 is 9.90 Å². The van der Waals surface area contributed by atoms with Gasteiger partial charge in [0.05, 0.1) is 17.7 Å². The minimum atomic E-state index is -0.205. The average molecular weight is 265 g/mol. The van der Waals surface area contributed by atoms with Crippen LogP contribution in [0.15, 0.2) is 6.20 Å². The van der Waals surface area contributed by atoms with E-state index in [4.69, 9.17) is 5.11 Å². The van der Waals surface area contributed by atoms with Crippen LogP contribution in [0.4, 0.5) is 9.93 Å². The SMILES string of the molecule is O=C(Nc1ncc(C#CCCO)s1)NC1CCC1. The number of nitrogens with zero attached hydrogens (tertiary/aromatic N) is 1. The Morgan fingerprint density at radius 1 is 1.61 bits per heavy atom. The van der Waals surface area contributed by atoms with Crippen molar-refractivity contribution in [3.05, 3.63) is 11.1 Å². The molecule has 0 unspecified atom stereocenters. The Bertz CT molecular complexity index is 471. The second-order valence-corrected chi connectivity index (χ2v) is 5.06. The van der Waals surface area contributed by atoms with E-state index in [0.29, 0.717) is 17.6 Å². The summed E-state index contributed by atoms with van der Waals surface area (Å²) in [7, 11) is 0. The summed E-state index contributed by atoms with van der Waals surface area (Å²) < 4.78 is 0. The summed E-state index contributed by atoms with van der Waals surface area (Å²) in [5.74, 6) is 5.69. The second kappa shape index (κ2) is 6.38. The van der Waals surface area contributed by atoms with Crippen LogP contribution in [0.2, 0.25) is 0 Å². The first-order chi connectivity index (χ1) is 8.78. The number of hydrogen-bond donors (Lipinski definition) is 3. The fraction of sp³-hybridized carbons (Fsp3) is 0.500. The number of urea groups is 1. The second-order valence-electron chi connectivity index (χ2n) is 4.03. The van der Waals surface area contributed by atoms with Crippen LogP contribution < -0.4 is 10.6 Å². The molecular formula is C12H15N3O2S. The molecule has 5 nitrogen and oxygen atoms in total. The van der Waals surface area contributed by atoms with E-state index < -0.39 is 0 Å². The van der Waals surface area contributed by atoms with Crippen molar-refractivity contribution in [2.45, 2.75) is 31.7 Å². The number of hydrogen-bond acceptors (Lipinski definition) is 4. The monoisotopic (exact) mass is 265 g/mol. The third kappa shape index (κ3) is 3.72. The van der Waals surface area contributed by atoms with E-state index in [9.17, 15) is 4.79 Å². The van der Waals surface area contributed by atoms with Gasteiger partial charge in [0, 0.05) is 12.5 Å². The molecule has 1 aromatic rings. The highest BCUT2D eigenvalue weighted by Crippen LogP contribution is 2.19. The summed E-state index contributed by atoms with van der Waals surface area (Å²) in [6, 6.07) is 0.109. The van der Waals surface area contributed by atoms with Gasteiger partial charge in [-0.3, -0.25) is 5.32 Å². The largest absolute Gasteiger partial charge is 0.395 e. The quantitative estimate of drug-likeness (QED) is 0.726. The molecule has 0 spiro atoms. The Kier molecular flexibility index (Phi) is 4.56. The van der Waals surface area contributed by atoms with E-state index in [1.54, 1.807) is 6.20 Å². The van der Waals surface area contributed by atoms with Gasteiger partial charge in [-0.05, 0) is 19.3 Å². The van der Waals surface area contributed by atoms with E-state index in [0.717, 1.165) is 17.7 Å². The number of aromatic nitrogens is 1. The van der Waals surface area contributed by atoms with Crippen molar-refractivity contribution in [1.29, 1.82) is 0 Å². The molecule has 1 heterocycles. The molecular weight excluding hydrogens is 250 g/mol. The molecule has 0 bridgehead atoms. The summed E-state index contributed by atoms with van der Waals surface area (Å²) in [6.45, 7) is 0.0563. The van der Waals surface area contributed by atoms with E-state index in [-0.39, 0.29) is 12.6 Å². The summed E-state index contributed by atoms with van der Waals surface area (Å²) in [4.78, 5) is 16.4. The Morgan fingerprint density at radius 2 is 2.44 bits per heavy atom. The maximum Gasteiger partial charge on any atom is 0.321 e. The summed E-state index contributed by atoms with van der Waals surface area (Å²) in [5.41, 5.74) is 0. The Hall–Kier alpha value is -1.58. The highest BCUT2D eigenvalue weighted by molar-refractivity contribution is 7.16. The van der Waals surface area contributed by atoms with Crippen molar-refractivity contribution in [3.63, 3.8) is 0 Å². The van der Waals surface area contributed by atoms with Gasteiger partial charge in [0.15, 0.2) is 5.13 Å². The zero-order valence-electron chi connectivity index (χ0n) is 9.90. The molecule has 1 aliphatic rings. The van der Waals surface area contributed by atoms with Crippen LogP contribution >= 0.6 is 11.3 Å². The molecule has 1 saturated carbocycles. The lowest BCUT2D eigenvalue weighted by molar-refractivity contribution is 0.240. The van der Waals surface area contributed by atoms with Crippen molar-refractivity contribution in [2.24, 2.45) is 0 Å². The van der Waals surface area contributed by atoms with E-state index in [1.807, 2.05) is 0 Å². The van der Waals surface area contributed by atoms with Gasteiger partial charge in [-0.15, -0.1) is 0 Å². The van der Waals surface area contributed by atoms with Gasteiger partial charge in [-0.25, -0.2) is 9.78 Å². The van der Waals surface area contributed by atoms with Crippen molar-refractivity contribution in [2.75, 3.05) is 11.9 Å². The third-order valence-electron chi connectivity index (χ3n) is 2.61. The first-order valence-corrected chi connectivity index (χ1v) is 6.72. The minimum Gasteiger partial charge on any atom is -0.395 e. The van der Waals surface area contributed by atoms with Gasteiger partial charge in [0.1, 0.15) is 0 Å². The maximum atomic E-state index is 11.6. The average Bonchev–Trinajstić information content (AvgIpc) is 2.72. The molecule has 1 aliphatic carbocycles. The van der Waals surface area contributed by atoms with Gasteiger partial charge < -0.3 is 10.4 Å². The number of aliphatic hydroxyl groups excluding tert-OH is 1. The first kappa shape index (κ1) is 12.9. The Morgan fingerprint density at radius 3 is 3.11 bits per heavy atom. The third-order valence-corrected chi connectivity index (χ3v) is 3.44.